The van der Waals surface area contributed by atoms with Gasteiger partial charge in [-0.15, -0.1) is 0 Å². The molecule has 150 valence electrons. The van der Waals surface area contributed by atoms with Gasteiger partial charge in [0.1, 0.15) is 5.58 Å². The van der Waals surface area contributed by atoms with Crippen molar-refractivity contribution < 1.29 is 14.0 Å². The van der Waals surface area contributed by atoms with E-state index in [1.54, 1.807) is 12.1 Å². The molecule has 4 rings (SSSR count). The SMILES string of the molecule is Cc1c(C(=O)Nc2cc(C(N)=O)ccc2N2CCCCC2)oc2ccc(Br)cc12. The number of nitrogens with zero attached hydrogens (tertiary/aromatic N) is 1. The minimum absolute atomic E-state index is 0.257. The van der Waals surface area contributed by atoms with Crippen molar-refractivity contribution in [3.63, 3.8) is 0 Å². The summed E-state index contributed by atoms with van der Waals surface area (Å²) in [6, 6.07) is 10.8. The zero-order valence-electron chi connectivity index (χ0n) is 16.1. The molecular weight excluding hydrogens is 434 g/mol. The number of aryl methyl sites for hydroxylation is 1. The van der Waals surface area contributed by atoms with Gasteiger partial charge in [0.2, 0.25) is 5.91 Å². The van der Waals surface area contributed by atoms with Gasteiger partial charge in [0.05, 0.1) is 11.4 Å². The first-order valence-corrected chi connectivity index (χ1v) is 10.4. The number of hydrogen-bond acceptors (Lipinski definition) is 4. The fourth-order valence-corrected chi connectivity index (χ4v) is 4.15. The average molecular weight is 456 g/mol. The van der Waals surface area contributed by atoms with Crippen LogP contribution in [0, 0.1) is 6.92 Å². The highest BCUT2D eigenvalue weighted by Crippen LogP contribution is 2.32. The molecule has 29 heavy (non-hydrogen) atoms. The molecule has 3 N–H and O–H groups in total. The second-order valence-corrected chi connectivity index (χ2v) is 8.21. The Hall–Kier alpha value is -2.80. The fraction of sp³-hybridized carbons (Fsp3) is 0.273. The van der Waals surface area contributed by atoms with E-state index in [4.69, 9.17) is 10.2 Å². The first-order valence-electron chi connectivity index (χ1n) is 9.63. The zero-order chi connectivity index (χ0) is 20.5. The summed E-state index contributed by atoms with van der Waals surface area (Å²) in [4.78, 5) is 27.0. The lowest BCUT2D eigenvalue weighted by Crippen LogP contribution is -2.30. The third kappa shape index (κ3) is 3.87. The van der Waals surface area contributed by atoms with E-state index in [2.05, 4.69) is 26.1 Å². The van der Waals surface area contributed by atoms with Crippen molar-refractivity contribution in [3.8, 4) is 0 Å². The molecule has 1 fully saturated rings. The first-order chi connectivity index (χ1) is 13.9. The van der Waals surface area contributed by atoms with E-state index < -0.39 is 5.91 Å². The number of nitrogens with one attached hydrogen (secondary N) is 1. The fourth-order valence-electron chi connectivity index (χ4n) is 3.79. The lowest BCUT2D eigenvalue weighted by Gasteiger charge is -2.30. The van der Waals surface area contributed by atoms with Crippen LogP contribution >= 0.6 is 15.9 Å². The van der Waals surface area contributed by atoms with E-state index in [0.29, 0.717) is 16.8 Å². The van der Waals surface area contributed by atoms with Crippen LogP contribution in [0.15, 0.2) is 45.3 Å². The summed E-state index contributed by atoms with van der Waals surface area (Å²) in [6.45, 7) is 3.69. The van der Waals surface area contributed by atoms with Crippen LogP contribution in [-0.2, 0) is 0 Å². The highest BCUT2D eigenvalue weighted by Gasteiger charge is 2.22. The molecule has 0 aliphatic carbocycles. The van der Waals surface area contributed by atoms with Crippen LogP contribution in [0.2, 0.25) is 0 Å². The molecule has 2 aromatic carbocycles. The highest BCUT2D eigenvalue weighted by atomic mass is 79.9. The molecule has 0 atom stereocenters. The normalized spacial score (nSPS) is 14.2. The summed E-state index contributed by atoms with van der Waals surface area (Å²) in [6.07, 6.45) is 3.40. The molecule has 1 aromatic heterocycles. The Balaban J connectivity index is 1.70. The Morgan fingerprint density at radius 3 is 2.59 bits per heavy atom. The largest absolute Gasteiger partial charge is 0.451 e. The van der Waals surface area contributed by atoms with Crippen molar-refractivity contribution in [2.45, 2.75) is 26.2 Å². The molecule has 1 aliphatic heterocycles. The van der Waals surface area contributed by atoms with E-state index in [9.17, 15) is 9.59 Å². The summed E-state index contributed by atoms with van der Waals surface area (Å²) in [7, 11) is 0. The Bertz CT molecular complexity index is 1100. The quantitative estimate of drug-likeness (QED) is 0.588. The van der Waals surface area contributed by atoms with E-state index in [0.717, 1.165) is 47.0 Å². The number of benzene rings is 2. The van der Waals surface area contributed by atoms with Crippen molar-refractivity contribution in [1.29, 1.82) is 0 Å². The third-order valence-electron chi connectivity index (χ3n) is 5.33. The van der Waals surface area contributed by atoms with Crippen molar-refractivity contribution in [1.82, 2.24) is 0 Å². The minimum Gasteiger partial charge on any atom is -0.451 e. The molecule has 0 spiro atoms. The number of furan rings is 1. The number of primary amides is 1. The van der Waals surface area contributed by atoms with Gasteiger partial charge in [-0.25, -0.2) is 0 Å². The lowest BCUT2D eigenvalue weighted by atomic mass is 10.1. The summed E-state index contributed by atoms with van der Waals surface area (Å²) in [5.74, 6) is -0.627. The number of halogens is 1. The first kappa shape index (κ1) is 19.5. The maximum Gasteiger partial charge on any atom is 0.291 e. The van der Waals surface area contributed by atoms with Crippen molar-refractivity contribution in [2.75, 3.05) is 23.3 Å². The number of carbonyl (C=O) groups excluding carboxylic acids is 2. The number of anilines is 2. The highest BCUT2D eigenvalue weighted by molar-refractivity contribution is 9.10. The molecule has 0 radical (unpaired) electrons. The molecule has 0 unspecified atom stereocenters. The van der Waals surface area contributed by atoms with E-state index >= 15 is 0 Å². The van der Waals surface area contributed by atoms with Crippen molar-refractivity contribution >= 4 is 50.1 Å². The molecule has 3 aromatic rings. The summed E-state index contributed by atoms with van der Waals surface area (Å²) >= 11 is 3.45. The van der Waals surface area contributed by atoms with Gasteiger partial charge in [0.15, 0.2) is 5.76 Å². The average Bonchev–Trinajstić information content (AvgIpc) is 3.04. The molecule has 2 amide bonds. The van der Waals surface area contributed by atoms with Crippen LogP contribution in [-0.4, -0.2) is 24.9 Å². The van der Waals surface area contributed by atoms with Crippen molar-refractivity contribution in [3.05, 3.63) is 57.8 Å². The molecule has 0 bridgehead atoms. The Morgan fingerprint density at radius 1 is 1.10 bits per heavy atom. The number of amides is 2. The van der Waals surface area contributed by atoms with Crippen molar-refractivity contribution in [2.24, 2.45) is 5.73 Å². The number of hydrogen-bond donors (Lipinski definition) is 2. The smallest absolute Gasteiger partial charge is 0.291 e. The maximum atomic E-state index is 13.1. The van der Waals surface area contributed by atoms with Gasteiger partial charge in [0.25, 0.3) is 5.91 Å². The Labute approximate surface area is 177 Å². The second-order valence-electron chi connectivity index (χ2n) is 7.29. The molecule has 0 saturated carbocycles. The number of carbonyl (C=O) groups is 2. The summed E-state index contributed by atoms with van der Waals surface area (Å²) < 4.78 is 6.73. The van der Waals surface area contributed by atoms with E-state index in [1.165, 1.54) is 6.42 Å². The third-order valence-corrected chi connectivity index (χ3v) is 5.82. The van der Waals surface area contributed by atoms with E-state index in [1.807, 2.05) is 31.2 Å². The molecule has 7 heteroatoms. The van der Waals surface area contributed by atoms with Gasteiger partial charge in [-0.1, -0.05) is 15.9 Å². The number of nitrogens with two attached hydrogens (primary N) is 1. The summed E-state index contributed by atoms with van der Waals surface area (Å²) in [5.41, 5.74) is 8.68. The molecule has 2 heterocycles. The summed E-state index contributed by atoms with van der Waals surface area (Å²) in [5, 5.41) is 3.82. The molecule has 1 saturated heterocycles. The van der Waals surface area contributed by atoms with Crippen LogP contribution in [0.3, 0.4) is 0 Å². The number of rotatable bonds is 4. The topological polar surface area (TPSA) is 88.6 Å². The monoisotopic (exact) mass is 455 g/mol. The van der Waals surface area contributed by atoms with Gasteiger partial charge >= 0.3 is 0 Å². The van der Waals surface area contributed by atoms with Crippen LogP contribution in [0.25, 0.3) is 11.0 Å². The Morgan fingerprint density at radius 2 is 1.86 bits per heavy atom. The van der Waals surface area contributed by atoms with E-state index in [-0.39, 0.29) is 11.7 Å². The molecule has 1 aliphatic rings. The van der Waals surface area contributed by atoms with Gasteiger partial charge < -0.3 is 20.4 Å². The van der Waals surface area contributed by atoms with Gasteiger partial charge in [-0.2, -0.15) is 0 Å². The molecular formula is C22H22BrN3O3. The predicted octanol–water partition coefficient (Wildman–Crippen LogP) is 4.85. The van der Waals surface area contributed by atoms with Gasteiger partial charge in [0, 0.05) is 34.1 Å². The van der Waals surface area contributed by atoms with Crippen LogP contribution in [0.1, 0.15) is 45.7 Å². The predicted molar refractivity (Wildman–Crippen MR) is 118 cm³/mol. The van der Waals surface area contributed by atoms with Gasteiger partial charge in [-0.05, 0) is 62.6 Å². The van der Waals surface area contributed by atoms with Crippen LogP contribution in [0.5, 0.6) is 0 Å². The number of piperidine rings is 1. The van der Waals surface area contributed by atoms with Crippen LogP contribution in [0.4, 0.5) is 11.4 Å². The number of fused-ring (bicyclic) bond motifs is 1. The lowest BCUT2D eigenvalue weighted by molar-refractivity contribution is 0.0989. The Kier molecular flexibility index (Phi) is 5.32. The zero-order valence-corrected chi connectivity index (χ0v) is 17.7. The standard InChI is InChI=1S/C22H22BrN3O3/c1-13-16-12-15(23)6-8-19(16)29-20(13)22(28)25-17-11-14(21(24)27)5-7-18(17)26-9-3-2-4-10-26/h5-8,11-12H,2-4,9-10H2,1H3,(H2,24,27)(H,25,28). The van der Waals surface area contributed by atoms with Gasteiger partial charge in [-0.3, -0.25) is 9.59 Å². The van der Waals surface area contributed by atoms with Crippen LogP contribution < -0.4 is 16.0 Å². The molecule has 6 nitrogen and oxygen atoms in total. The minimum atomic E-state index is -0.532. The second kappa shape index (κ2) is 7.91. The maximum absolute atomic E-state index is 13.1.